The predicted molar refractivity (Wildman–Crippen MR) is 113 cm³/mol. The minimum atomic E-state index is -0.512. The Bertz CT molecular complexity index is 898. The lowest BCUT2D eigenvalue weighted by molar-refractivity contribution is 0.0224. The Hall–Kier alpha value is -2.34. The summed E-state index contributed by atoms with van der Waals surface area (Å²) in [6, 6.07) is 6.01. The van der Waals surface area contributed by atoms with Crippen LogP contribution in [-0.4, -0.2) is 39.7 Å². The van der Waals surface area contributed by atoms with Crippen molar-refractivity contribution < 1.29 is 9.53 Å². The molecule has 3 heterocycles. The van der Waals surface area contributed by atoms with Crippen LogP contribution in [0.5, 0.6) is 0 Å². The van der Waals surface area contributed by atoms with Gasteiger partial charge in [-0.05, 0) is 74.9 Å². The number of nitrogens with zero attached hydrogens (tertiary/aromatic N) is 4. The Labute approximate surface area is 176 Å². The molecule has 7 heteroatoms. The minimum Gasteiger partial charge on any atom is -0.444 e. The highest BCUT2D eigenvalue weighted by Gasteiger charge is 2.35. The second-order valence-corrected chi connectivity index (χ2v) is 9.14. The Morgan fingerprint density at radius 3 is 2.83 bits per heavy atom. The van der Waals surface area contributed by atoms with E-state index >= 15 is 0 Å². The SMILES string of the molecule is CC(C)(C)OC(=O)N1CCC[C@H]1c1cc(Cl)cc2c1CN(c1ccncn1)CC2. The first kappa shape index (κ1) is 20.0. The smallest absolute Gasteiger partial charge is 0.410 e. The summed E-state index contributed by atoms with van der Waals surface area (Å²) in [5.41, 5.74) is 3.13. The third kappa shape index (κ3) is 4.32. The van der Waals surface area contributed by atoms with Crippen LogP contribution in [0, 0.1) is 0 Å². The van der Waals surface area contributed by atoms with Crippen LogP contribution in [0.4, 0.5) is 10.6 Å². The van der Waals surface area contributed by atoms with Crippen molar-refractivity contribution in [3.8, 4) is 0 Å². The van der Waals surface area contributed by atoms with Gasteiger partial charge in [0.1, 0.15) is 17.7 Å². The van der Waals surface area contributed by atoms with Gasteiger partial charge in [0.15, 0.2) is 0 Å². The molecule has 0 spiro atoms. The lowest BCUT2D eigenvalue weighted by Crippen LogP contribution is -2.37. The molecule has 2 aliphatic heterocycles. The maximum atomic E-state index is 12.8. The van der Waals surface area contributed by atoms with Crippen molar-refractivity contribution in [3.05, 3.63) is 52.4 Å². The molecule has 29 heavy (non-hydrogen) atoms. The van der Waals surface area contributed by atoms with Gasteiger partial charge in [0.2, 0.25) is 0 Å². The van der Waals surface area contributed by atoms with Gasteiger partial charge in [0.25, 0.3) is 0 Å². The summed E-state index contributed by atoms with van der Waals surface area (Å²) >= 11 is 6.48. The van der Waals surface area contributed by atoms with Crippen molar-refractivity contribution in [2.75, 3.05) is 18.0 Å². The number of benzene rings is 1. The molecule has 1 fully saturated rings. The number of fused-ring (bicyclic) bond motifs is 1. The summed E-state index contributed by atoms with van der Waals surface area (Å²) in [4.78, 5) is 25.4. The summed E-state index contributed by atoms with van der Waals surface area (Å²) in [7, 11) is 0. The maximum absolute atomic E-state index is 12.8. The van der Waals surface area contributed by atoms with Crippen molar-refractivity contribution >= 4 is 23.5 Å². The van der Waals surface area contributed by atoms with E-state index in [0.717, 1.165) is 48.8 Å². The van der Waals surface area contributed by atoms with Crippen molar-refractivity contribution in [3.63, 3.8) is 0 Å². The maximum Gasteiger partial charge on any atom is 0.410 e. The molecule has 6 nitrogen and oxygen atoms in total. The van der Waals surface area contributed by atoms with Crippen LogP contribution in [0.1, 0.15) is 56.3 Å². The van der Waals surface area contributed by atoms with E-state index in [0.29, 0.717) is 6.54 Å². The number of hydrogen-bond acceptors (Lipinski definition) is 5. The van der Waals surface area contributed by atoms with Gasteiger partial charge in [0, 0.05) is 30.9 Å². The van der Waals surface area contributed by atoms with Gasteiger partial charge in [-0.25, -0.2) is 14.8 Å². The van der Waals surface area contributed by atoms with Crippen LogP contribution in [0.2, 0.25) is 5.02 Å². The van der Waals surface area contributed by atoms with Crippen molar-refractivity contribution in [1.29, 1.82) is 0 Å². The second-order valence-electron chi connectivity index (χ2n) is 8.70. The summed E-state index contributed by atoms with van der Waals surface area (Å²) in [5, 5.41) is 0.727. The number of rotatable bonds is 2. The van der Waals surface area contributed by atoms with Crippen LogP contribution in [0.25, 0.3) is 0 Å². The van der Waals surface area contributed by atoms with E-state index < -0.39 is 5.60 Å². The molecule has 2 aromatic rings. The largest absolute Gasteiger partial charge is 0.444 e. The Morgan fingerprint density at radius 2 is 2.10 bits per heavy atom. The number of anilines is 1. The molecule has 0 saturated carbocycles. The molecule has 1 aromatic heterocycles. The fourth-order valence-electron chi connectivity index (χ4n) is 4.25. The summed E-state index contributed by atoms with van der Waals surface area (Å²) in [5.74, 6) is 0.918. The Morgan fingerprint density at radius 1 is 1.28 bits per heavy atom. The number of aromatic nitrogens is 2. The molecule has 1 saturated heterocycles. The molecule has 0 aliphatic carbocycles. The number of carbonyl (C=O) groups excluding carboxylic acids is 1. The van der Waals surface area contributed by atoms with Gasteiger partial charge >= 0.3 is 6.09 Å². The normalized spacial score (nSPS) is 19.2. The molecule has 0 N–H and O–H groups in total. The Balaban J connectivity index is 1.66. The highest BCUT2D eigenvalue weighted by Crippen LogP contribution is 2.39. The van der Waals surface area contributed by atoms with Gasteiger partial charge in [-0.1, -0.05) is 11.6 Å². The minimum absolute atomic E-state index is 0.0114. The van der Waals surface area contributed by atoms with Crippen molar-refractivity contribution in [2.24, 2.45) is 0 Å². The van der Waals surface area contributed by atoms with E-state index in [1.165, 1.54) is 11.1 Å². The van der Waals surface area contributed by atoms with E-state index in [-0.39, 0.29) is 12.1 Å². The van der Waals surface area contributed by atoms with E-state index in [1.54, 1.807) is 12.5 Å². The zero-order valence-electron chi connectivity index (χ0n) is 17.2. The van der Waals surface area contributed by atoms with E-state index in [1.807, 2.05) is 37.8 Å². The molecule has 0 radical (unpaired) electrons. The average molecular weight is 415 g/mol. The van der Waals surface area contributed by atoms with Gasteiger partial charge in [-0.15, -0.1) is 0 Å². The fraction of sp³-hybridized carbons (Fsp3) is 0.500. The second kappa shape index (κ2) is 7.82. The first-order chi connectivity index (χ1) is 13.8. The summed E-state index contributed by atoms with van der Waals surface area (Å²) < 4.78 is 5.66. The first-order valence-electron chi connectivity index (χ1n) is 10.1. The first-order valence-corrected chi connectivity index (χ1v) is 10.5. The quantitative estimate of drug-likeness (QED) is 0.708. The molecular formula is C22H27ClN4O2. The average Bonchev–Trinajstić information content (AvgIpc) is 3.16. The lowest BCUT2D eigenvalue weighted by Gasteiger charge is -2.34. The van der Waals surface area contributed by atoms with Crippen LogP contribution in [-0.2, 0) is 17.7 Å². The fourth-order valence-corrected chi connectivity index (χ4v) is 4.50. The van der Waals surface area contributed by atoms with Crippen LogP contribution < -0.4 is 4.90 Å². The monoisotopic (exact) mass is 414 g/mol. The van der Waals surface area contributed by atoms with Gasteiger partial charge in [0.05, 0.1) is 6.04 Å². The molecule has 0 bridgehead atoms. The highest BCUT2D eigenvalue weighted by molar-refractivity contribution is 6.30. The number of hydrogen-bond donors (Lipinski definition) is 0. The van der Waals surface area contributed by atoms with Crippen molar-refractivity contribution in [2.45, 2.75) is 58.2 Å². The number of carbonyl (C=O) groups is 1. The molecule has 0 unspecified atom stereocenters. The van der Waals surface area contributed by atoms with Crippen LogP contribution in [0.3, 0.4) is 0 Å². The number of ether oxygens (including phenoxy) is 1. The van der Waals surface area contributed by atoms with E-state index in [9.17, 15) is 4.79 Å². The Kier molecular flexibility index (Phi) is 5.38. The van der Waals surface area contributed by atoms with Crippen LogP contribution >= 0.6 is 11.6 Å². The topological polar surface area (TPSA) is 58.6 Å². The number of halogens is 1. The molecule has 2 aliphatic rings. The lowest BCUT2D eigenvalue weighted by atomic mass is 9.90. The molecule has 1 atom stereocenters. The summed E-state index contributed by atoms with van der Waals surface area (Å²) in [6.45, 7) is 8.03. The zero-order valence-corrected chi connectivity index (χ0v) is 17.9. The number of amides is 1. The highest BCUT2D eigenvalue weighted by atomic mass is 35.5. The standard InChI is InChI=1S/C22H27ClN4O2/c1-22(2,3)29-21(28)27-9-4-5-19(27)17-12-16(23)11-15-7-10-26(13-18(15)17)20-6-8-24-14-25-20/h6,8,11-12,14,19H,4-5,7,9-10,13H2,1-3H3/t19-/m0/s1. The van der Waals surface area contributed by atoms with Crippen molar-refractivity contribution in [1.82, 2.24) is 14.9 Å². The van der Waals surface area contributed by atoms with Gasteiger partial charge in [-0.2, -0.15) is 0 Å². The number of likely N-dealkylation sites (tertiary alicyclic amines) is 1. The van der Waals surface area contributed by atoms with E-state index in [2.05, 4.69) is 20.9 Å². The molecule has 1 aromatic carbocycles. The third-order valence-electron chi connectivity index (χ3n) is 5.47. The van der Waals surface area contributed by atoms with E-state index in [4.69, 9.17) is 16.3 Å². The molecular weight excluding hydrogens is 388 g/mol. The van der Waals surface area contributed by atoms with Gasteiger partial charge < -0.3 is 14.5 Å². The molecule has 154 valence electrons. The third-order valence-corrected chi connectivity index (χ3v) is 5.69. The van der Waals surface area contributed by atoms with Crippen LogP contribution in [0.15, 0.2) is 30.7 Å². The predicted octanol–water partition coefficient (Wildman–Crippen LogP) is 4.76. The molecule has 1 amide bonds. The molecule has 4 rings (SSSR count). The summed E-state index contributed by atoms with van der Waals surface area (Å²) in [6.07, 6.45) is 5.86. The van der Waals surface area contributed by atoms with Gasteiger partial charge in [-0.3, -0.25) is 0 Å². The zero-order chi connectivity index (χ0) is 20.6.